The molecule has 0 aliphatic carbocycles. The highest BCUT2D eigenvalue weighted by molar-refractivity contribution is 7.45. The summed E-state index contributed by atoms with van der Waals surface area (Å²) in [6.45, 7) is 4.18. The summed E-state index contributed by atoms with van der Waals surface area (Å²) in [4.78, 5) is 38.1. The molecule has 0 N–H and O–H groups in total. The monoisotopic (exact) mass is 1250 g/mol. The van der Waals surface area contributed by atoms with E-state index >= 15 is 0 Å². The number of nitrogens with zero attached hydrogens (tertiary/aromatic N) is 1. The first-order valence-corrected chi connectivity index (χ1v) is 39.1. The topological polar surface area (TPSA) is 111 Å². The molecule has 0 bridgehead atoms. The van der Waals surface area contributed by atoms with Gasteiger partial charge >= 0.3 is 11.9 Å². The van der Waals surface area contributed by atoms with Crippen molar-refractivity contribution < 1.29 is 42.1 Å². The van der Waals surface area contributed by atoms with Gasteiger partial charge in [-0.3, -0.25) is 14.2 Å². The predicted molar refractivity (Wildman–Crippen MR) is 379 cm³/mol. The number of allylic oxidation sites excluding steroid dienone is 12. The molecule has 0 fully saturated rings. The predicted octanol–water partition coefficient (Wildman–Crippen LogP) is 24.1. The lowest BCUT2D eigenvalue weighted by atomic mass is 10.0. The second-order valence-corrected chi connectivity index (χ2v) is 28.1. The molecule has 0 saturated carbocycles. The van der Waals surface area contributed by atoms with E-state index in [0.717, 1.165) is 83.5 Å². The van der Waals surface area contributed by atoms with Crippen molar-refractivity contribution in [3.8, 4) is 0 Å². The average molecular weight is 1250 g/mol. The Kier molecular flexibility index (Phi) is 66.8. The number of hydrogen-bond acceptors (Lipinski definition) is 8. The van der Waals surface area contributed by atoms with Crippen molar-refractivity contribution in [3.05, 3.63) is 72.9 Å². The van der Waals surface area contributed by atoms with Crippen molar-refractivity contribution in [2.24, 2.45) is 0 Å². The van der Waals surface area contributed by atoms with Crippen molar-refractivity contribution in [2.45, 2.75) is 367 Å². The molecule has 0 aromatic rings. The molecule has 0 amide bonds. The first-order chi connectivity index (χ1) is 43.0. The van der Waals surface area contributed by atoms with Crippen LogP contribution in [0.5, 0.6) is 0 Å². The highest BCUT2D eigenvalue weighted by Crippen LogP contribution is 2.38. The van der Waals surface area contributed by atoms with Crippen molar-refractivity contribution in [2.75, 3.05) is 47.5 Å². The van der Waals surface area contributed by atoms with Gasteiger partial charge in [0.25, 0.3) is 7.82 Å². The molecule has 0 rings (SSSR count). The molecule has 0 radical (unpaired) electrons. The molecule has 88 heavy (non-hydrogen) atoms. The van der Waals surface area contributed by atoms with Crippen LogP contribution in [-0.4, -0.2) is 70.0 Å². The Balaban J connectivity index is 3.97. The second-order valence-electron chi connectivity index (χ2n) is 26.6. The fourth-order valence-corrected chi connectivity index (χ4v) is 11.7. The maximum Gasteiger partial charge on any atom is 0.306 e. The smallest absolute Gasteiger partial charge is 0.306 e. The van der Waals surface area contributed by atoms with E-state index in [2.05, 4.69) is 86.8 Å². The third-order valence-electron chi connectivity index (χ3n) is 16.7. The van der Waals surface area contributed by atoms with Crippen LogP contribution in [0.4, 0.5) is 0 Å². The maximum absolute atomic E-state index is 12.9. The van der Waals surface area contributed by atoms with Crippen LogP contribution in [0.25, 0.3) is 0 Å². The van der Waals surface area contributed by atoms with E-state index in [-0.39, 0.29) is 32.0 Å². The molecule has 9 nitrogen and oxygen atoms in total. The van der Waals surface area contributed by atoms with Gasteiger partial charge in [0.05, 0.1) is 27.7 Å². The Morgan fingerprint density at radius 1 is 0.364 bits per heavy atom. The van der Waals surface area contributed by atoms with Gasteiger partial charge in [0.1, 0.15) is 19.8 Å². The molecule has 0 aromatic heterocycles. The fourth-order valence-electron chi connectivity index (χ4n) is 11.0. The van der Waals surface area contributed by atoms with Gasteiger partial charge in [-0.25, -0.2) is 0 Å². The number of carbonyl (C=O) groups excluding carboxylic acids is 2. The number of phosphoric acid groups is 1. The minimum atomic E-state index is -4.65. The lowest BCUT2D eigenvalue weighted by Crippen LogP contribution is -2.37. The summed E-state index contributed by atoms with van der Waals surface area (Å²) >= 11 is 0. The molecule has 10 heteroatoms. The van der Waals surface area contributed by atoms with E-state index in [1.165, 1.54) is 244 Å². The molecule has 0 saturated heterocycles. The number of carbonyl (C=O) groups is 2. The second kappa shape index (κ2) is 68.8. The average Bonchev–Trinajstić information content (AvgIpc) is 3.68. The van der Waals surface area contributed by atoms with Crippen LogP contribution in [0.3, 0.4) is 0 Å². The number of hydrogen-bond donors (Lipinski definition) is 0. The summed E-state index contributed by atoms with van der Waals surface area (Å²) in [7, 11) is 1.17. The molecule has 0 aliphatic rings. The minimum Gasteiger partial charge on any atom is -0.756 e. The number of likely N-dealkylation sites (N-methyl/N-ethyl adjacent to an activating group) is 1. The Morgan fingerprint density at radius 3 is 0.966 bits per heavy atom. The van der Waals surface area contributed by atoms with Gasteiger partial charge in [-0.05, 0) is 64.2 Å². The van der Waals surface area contributed by atoms with E-state index in [4.69, 9.17) is 18.5 Å². The minimum absolute atomic E-state index is 0.0325. The van der Waals surface area contributed by atoms with Crippen LogP contribution >= 0.6 is 7.82 Å². The fraction of sp³-hybridized carbons (Fsp3) is 0.821. The molecule has 514 valence electrons. The maximum atomic E-state index is 12.9. The van der Waals surface area contributed by atoms with Crippen LogP contribution in [0.1, 0.15) is 361 Å². The van der Waals surface area contributed by atoms with E-state index in [0.29, 0.717) is 17.4 Å². The van der Waals surface area contributed by atoms with Crippen LogP contribution in [0, 0.1) is 0 Å². The number of ether oxygens (including phenoxy) is 2. The first kappa shape index (κ1) is 85.5. The summed E-state index contributed by atoms with van der Waals surface area (Å²) in [5.41, 5.74) is 0. The van der Waals surface area contributed by atoms with Gasteiger partial charge in [-0.15, -0.1) is 0 Å². The first-order valence-electron chi connectivity index (χ1n) is 37.6. The van der Waals surface area contributed by atoms with Crippen LogP contribution in [0.2, 0.25) is 0 Å². The SMILES string of the molecule is CC/C=C\C/C=C\C/C=C\C/C=C\C/C=C\C/C=C\CCCCCCCCCCCCC(=O)OC(COC(=O)CCCCCCCCCCCCCCCCCCCCCCCCCCCCCCCCCCCCC)COP(=O)([O-])OCC[N+](C)(C)C. The Labute approximate surface area is 546 Å². The zero-order valence-corrected chi connectivity index (χ0v) is 59.6. The summed E-state index contributed by atoms with van der Waals surface area (Å²) in [6, 6.07) is 0. The van der Waals surface area contributed by atoms with Crippen LogP contribution < -0.4 is 4.89 Å². The summed E-state index contributed by atoms with van der Waals surface area (Å²) < 4.78 is 34.4. The molecule has 0 heterocycles. The quantitative estimate of drug-likeness (QED) is 0.0195. The zero-order valence-electron chi connectivity index (χ0n) is 58.7. The standard InChI is InChI=1S/C78H144NO8P/c1-6-8-10-12-14-16-18-20-22-24-26-28-30-32-34-36-37-38-39-40-41-43-44-46-48-50-52-54-56-58-60-62-64-66-68-70-77(80)84-74-76(75-86-88(82,83)85-73-72-79(3,4)5)87-78(81)71-69-67-65-63-61-59-57-55-53-51-49-47-45-42-35-33-31-29-27-25-23-21-19-17-15-13-11-9-7-2/h9,11,15,17,21,23,27,29,33,35,45,47,76H,6-8,10,12-14,16,18-20,22,24-26,28,30-32,34,36-44,46,48-75H2,1-5H3/b11-9-,17-15-,23-21-,29-27-,35-33-,47-45-. The van der Waals surface area contributed by atoms with E-state index < -0.39 is 26.5 Å². The normalized spacial score (nSPS) is 13.5. The summed E-state index contributed by atoms with van der Waals surface area (Å²) in [6.07, 6.45) is 93.0. The van der Waals surface area contributed by atoms with Crippen LogP contribution in [0.15, 0.2) is 72.9 Å². The molecular weight excluding hydrogens is 1110 g/mol. The molecule has 2 unspecified atom stereocenters. The van der Waals surface area contributed by atoms with E-state index in [9.17, 15) is 19.0 Å². The lowest BCUT2D eigenvalue weighted by molar-refractivity contribution is -0.870. The Morgan fingerprint density at radius 2 is 0.648 bits per heavy atom. The van der Waals surface area contributed by atoms with Gasteiger partial charge in [-0.2, -0.15) is 0 Å². The van der Waals surface area contributed by atoms with Crippen LogP contribution in [-0.2, 0) is 32.7 Å². The van der Waals surface area contributed by atoms with Gasteiger partial charge in [-0.1, -0.05) is 356 Å². The largest absolute Gasteiger partial charge is 0.756 e. The van der Waals surface area contributed by atoms with Crippen molar-refractivity contribution in [1.82, 2.24) is 0 Å². The summed E-state index contributed by atoms with van der Waals surface area (Å²) in [5, 5.41) is 0. The highest BCUT2D eigenvalue weighted by atomic mass is 31.2. The zero-order chi connectivity index (χ0) is 64.1. The number of esters is 2. The number of phosphoric ester groups is 1. The highest BCUT2D eigenvalue weighted by Gasteiger charge is 2.22. The Hall–Kier alpha value is -2.55. The number of unbranched alkanes of at least 4 members (excludes halogenated alkanes) is 44. The lowest BCUT2D eigenvalue weighted by Gasteiger charge is -2.28. The van der Waals surface area contributed by atoms with Crippen molar-refractivity contribution in [3.63, 3.8) is 0 Å². The van der Waals surface area contributed by atoms with Gasteiger partial charge < -0.3 is 27.9 Å². The molecule has 0 aliphatic heterocycles. The van der Waals surface area contributed by atoms with E-state index in [1.807, 2.05) is 21.1 Å². The Bertz CT molecular complexity index is 1710. The van der Waals surface area contributed by atoms with E-state index in [1.54, 1.807) is 0 Å². The third-order valence-corrected chi connectivity index (χ3v) is 17.7. The van der Waals surface area contributed by atoms with Gasteiger partial charge in [0.15, 0.2) is 6.10 Å². The van der Waals surface area contributed by atoms with Crippen molar-refractivity contribution in [1.29, 1.82) is 0 Å². The summed E-state index contributed by atoms with van der Waals surface area (Å²) in [5.74, 6) is -0.825. The molecular formula is C78H144NO8P. The molecule has 0 spiro atoms. The molecule has 2 atom stereocenters. The number of rotatable bonds is 70. The van der Waals surface area contributed by atoms with Gasteiger partial charge in [0, 0.05) is 12.8 Å². The third kappa shape index (κ3) is 72.5. The van der Waals surface area contributed by atoms with Crippen molar-refractivity contribution >= 4 is 19.8 Å². The number of quaternary nitrogens is 1. The molecule has 0 aromatic carbocycles. The van der Waals surface area contributed by atoms with Gasteiger partial charge in [0.2, 0.25) is 0 Å².